The molecule has 32 heavy (non-hydrogen) atoms. The number of piperazine rings is 1. The Hall–Kier alpha value is -2.27. The van der Waals surface area contributed by atoms with E-state index < -0.39 is 25.9 Å². The van der Waals surface area contributed by atoms with Gasteiger partial charge in [-0.1, -0.05) is 18.2 Å². The number of nitrogens with zero attached hydrogens (tertiary/aromatic N) is 2. The summed E-state index contributed by atoms with van der Waals surface area (Å²) in [7, 11) is -7.02. The Morgan fingerprint density at radius 3 is 2.28 bits per heavy atom. The summed E-state index contributed by atoms with van der Waals surface area (Å²) >= 11 is 0. The first-order chi connectivity index (χ1) is 14.9. The zero-order valence-electron chi connectivity index (χ0n) is 18.1. The van der Waals surface area contributed by atoms with Gasteiger partial charge in [0.1, 0.15) is 0 Å². The van der Waals surface area contributed by atoms with Gasteiger partial charge in [0.05, 0.1) is 29.0 Å². The number of rotatable bonds is 5. The summed E-state index contributed by atoms with van der Waals surface area (Å²) in [5, 5.41) is 5.14. The molecule has 2 fully saturated rings. The van der Waals surface area contributed by atoms with Gasteiger partial charge >= 0.3 is 0 Å². The fourth-order valence-electron chi connectivity index (χ4n) is 4.53. The number of aryl methyl sites for hydroxylation is 2. The van der Waals surface area contributed by atoms with Crippen LogP contribution in [0.4, 0.5) is 5.69 Å². The zero-order chi connectivity index (χ0) is 23.3. The number of carbonyl (C=O) groups is 1. The van der Waals surface area contributed by atoms with Gasteiger partial charge in [-0.15, -0.1) is 0 Å². The van der Waals surface area contributed by atoms with Crippen molar-refractivity contribution in [3.8, 4) is 0 Å². The van der Waals surface area contributed by atoms with Crippen LogP contribution >= 0.6 is 0 Å². The van der Waals surface area contributed by atoms with Crippen LogP contribution < -0.4 is 10.0 Å². The van der Waals surface area contributed by atoms with Crippen LogP contribution in [0.15, 0.2) is 47.4 Å². The Morgan fingerprint density at radius 2 is 1.66 bits per heavy atom. The van der Waals surface area contributed by atoms with Gasteiger partial charge in [0.25, 0.3) is 0 Å². The highest BCUT2D eigenvalue weighted by molar-refractivity contribution is 7.91. The smallest absolute Gasteiger partial charge is 0.241 e. The average molecular weight is 478 g/mol. The topological polar surface area (TPSA) is 118 Å². The first-order valence-electron chi connectivity index (χ1n) is 10.4. The molecule has 172 valence electrons. The van der Waals surface area contributed by atoms with Gasteiger partial charge in [-0.05, 0) is 61.2 Å². The number of carbonyl (C=O) groups excluding carboxylic acids is 1. The molecule has 2 heterocycles. The molecule has 2 aliphatic heterocycles. The number of amides is 1. The number of hydrogen-bond donors (Lipinski definition) is 1. The van der Waals surface area contributed by atoms with E-state index in [1.165, 1.54) is 12.1 Å². The Bertz CT molecular complexity index is 1260. The van der Waals surface area contributed by atoms with Crippen LogP contribution in [0.25, 0.3) is 0 Å². The van der Waals surface area contributed by atoms with Crippen LogP contribution in [0.3, 0.4) is 0 Å². The van der Waals surface area contributed by atoms with E-state index in [2.05, 4.69) is 0 Å². The molecule has 2 unspecified atom stereocenters. The number of sulfonamides is 1. The number of anilines is 1. The lowest BCUT2D eigenvalue weighted by molar-refractivity contribution is -0.123. The Balaban J connectivity index is 1.55. The van der Waals surface area contributed by atoms with Gasteiger partial charge in [-0.3, -0.25) is 9.69 Å². The molecular formula is C22H27N3O5S2. The second-order valence-electron chi connectivity index (χ2n) is 8.65. The molecule has 0 aromatic heterocycles. The van der Waals surface area contributed by atoms with Crippen molar-refractivity contribution in [3.05, 3.63) is 59.2 Å². The highest BCUT2D eigenvalue weighted by Crippen LogP contribution is 2.32. The monoisotopic (exact) mass is 477 g/mol. The third-order valence-corrected chi connectivity index (χ3v) is 9.04. The summed E-state index contributed by atoms with van der Waals surface area (Å²) in [4.78, 5) is 16.8. The van der Waals surface area contributed by atoms with E-state index in [9.17, 15) is 21.6 Å². The van der Waals surface area contributed by atoms with Crippen molar-refractivity contribution in [2.45, 2.75) is 37.2 Å². The van der Waals surface area contributed by atoms with Crippen LogP contribution in [0.5, 0.6) is 0 Å². The maximum Gasteiger partial charge on any atom is 0.241 e. The van der Waals surface area contributed by atoms with Crippen molar-refractivity contribution in [1.29, 1.82) is 0 Å². The molecule has 1 amide bonds. The fraction of sp³-hybridized carbons (Fsp3) is 0.409. The second kappa shape index (κ2) is 8.26. The number of primary sulfonamides is 1. The molecular weight excluding hydrogens is 450 g/mol. The van der Waals surface area contributed by atoms with Crippen molar-refractivity contribution in [3.63, 3.8) is 0 Å². The average Bonchev–Trinajstić information content (AvgIpc) is 3.03. The van der Waals surface area contributed by atoms with E-state index in [4.69, 9.17) is 5.14 Å². The molecule has 10 heteroatoms. The predicted molar refractivity (Wildman–Crippen MR) is 123 cm³/mol. The zero-order valence-corrected chi connectivity index (χ0v) is 19.7. The predicted octanol–water partition coefficient (Wildman–Crippen LogP) is 1.01. The number of sulfone groups is 1. The molecule has 0 radical (unpaired) electrons. The number of benzene rings is 2. The lowest BCUT2D eigenvalue weighted by atomic mass is 10.0. The minimum Gasteiger partial charge on any atom is -0.306 e. The highest BCUT2D eigenvalue weighted by Gasteiger charge is 2.49. The normalized spacial score (nSPS) is 23.3. The molecule has 4 rings (SSSR count). The van der Waals surface area contributed by atoms with Crippen LogP contribution in [0.1, 0.15) is 16.7 Å². The summed E-state index contributed by atoms with van der Waals surface area (Å²) in [6, 6.07) is 11.4. The minimum atomic E-state index is -3.75. The third kappa shape index (κ3) is 4.59. The van der Waals surface area contributed by atoms with Crippen LogP contribution in [-0.4, -0.2) is 64.3 Å². The number of hydrogen-bond acceptors (Lipinski definition) is 6. The largest absolute Gasteiger partial charge is 0.306 e. The van der Waals surface area contributed by atoms with E-state index in [0.717, 1.165) is 22.4 Å². The van der Waals surface area contributed by atoms with E-state index in [0.29, 0.717) is 13.0 Å². The van der Waals surface area contributed by atoms with Gasteiger partial charge < -0.3 is 4.90 Å². The first-order valence-corrected chi connectivity index (χ1v) is 13.8. The van der Waals surface area contributed by atoms with Gasteiger partial charge in [0.2, 0.25) is 15.9 Å². The van der Waals surface area contributed by atoms with Gasteiger partial charge in [0, 0.05) is 18.3 Å². The molecule has 0 aliphatic carbocycles. The SMILES string of the molecule is Cc1ccc(N2C(=O)CN(CCc3ccc(S(N)(=O)=O)cc3)C3CS(=O)(=O)CC32)cc1C. The second-order valence-corrected chi connectivity index (χ2v) is 12.4. The maximum atomic E-state index is 13.1. The number of nitrogens with two attached hydrogens (primary N) is 1. The molecule has 0 saturated carbocycles. The van der Waals surface area contributed by atoms with E-state index in [-0.39, 0.29) is 34.9 Å². The van der Waals surface area contributed by atoms with Crippen molar-refractivity contribution in [1.82, 2.24) is 4.90 Å². The van der Waals surface area contributed by atoms with Gasteiger partial charge in [-0.2, -0.15) is 0 Å². The Morgan fingerprint density at radius 1 is 1.00 bits per heavy atom. The third-order valence-electron chi connectivity index (χ3n) is 6.41. The molecule has 0 spiro atoms. The molecule has 2 aromatic carbocycles. The lowest BCUT2D eigenvalue weighted by Gasteiger charge is -2.43. The summed E-state index contributed by atoms with van der Waals surface area (Å²) < 4.78 is 47.9. The standard InChI is InChI=1S/C22H27N3O5S2/c1-15-3-6-18(11-16(15)2)25-21-14-31(27,28)13-20(21)24(12-22(25)26)10-9-17-4-7-19(8-5-17)32(23,29)30/h3-8,11,20-21H,9-10,12-14H2,1-2H3,(H2,23,29,30). The fourth-order valence-corrected chi connectivity index (χ4v) is 7.03. The van der Waals surface area contributed by atoms with E-state index in [1.54, 1.807) is 17.0 Å². The molecule has 2 atom stereocenters. The highest BCUT2D eigenvalue weighted by atomic mass is 32.2. The lowest BCUT2D eigenvalue weighted by Crippen LogP contribution is -2.62. The van der Waals surface area contributed by atoms with Crippen LogP contribution in [0.2, 0.25) is 0 Å². The van der Waals surface area contributed by atoms with Crippen LogP contribution in [0, 0.1) is 13.8 Å². The molecule has 2 N–H and O–H groups in total. The summed E-state index contributed by atoms with van der Waals surface area (Å²) in [6.07, 6.45) is 0.561. The van der Waals surface area contributed by atoms with E-state index >= 15 is 0 Å². The van der Waals surface area contributed by atoms with Crippen molar-refractivity contribution in [2.24, 2.45) is 5.14 Å². The van der Waals surface area contributed by atoms with Crippen molar-refractivity contribution < 1.29 is 21.6 Å². The van der Waals surface area contributed by atoms with Crippen molar-refractivity contribution >= 4 is 31.5 Å². The molecule has 8 nitrogen and oxygen atoms in total. The van der Waals surface area contributed by atoms with E-state index in [1.807, 2.05) is 36.9 Å². The van der Waals surface area contributed by atoms with Gasteiger partial charge in [0.15, 0.2) is 9.84 Å². The summed E-state index contributed by atoms with van der Waals surface area (Å²) in [6.45, 7) is 4.61. The minimum absolute atomic E-state index is 0.0244. The van der Waals surface area contributed by atoms with Crippen molar-refractivity contribution in [2.75, 3.05) is 29.5 Å². The van der Waals surface area contributed by atoms with Crippen LogP contribution in [-0.2, 0) is 31.1 Å². The molecule has 2 aliphatic rings. The quantitative estimate of drug-likeness (QED) is 0.687. The maximum absolute atomic E-state index is 13.1. The van der Waals surface area contributed by atoms with Gasteiger partial charge in [-0.25, -0.2) is 22.0 Å². The molecule has 0 bridgehead atoms. The molecule has 2 aromatic rings. The number of fused-ring (bicyclic) bond motifs is 1. The first kappa shape index (κ1) is 22.9. The Kier molecular flexibility index (Phi) is 5.91. The summed E-state index contributed by atoms with van der Waals surface area (Å²) in [5.74, 6) is -0.136. The summed E-state index contributed by atoms with van der Waals surface area (Å²) in [5.41, 5.74) is 3.80. The molecule has 2 saturated heterocycles. The Labute approximate surface area is 189 Å².